The van der Waals surface area contributed by atoms with Crippen LogP contribution >= 0.6 is 11.3 Å². The van der Waals surface area contributed by atoms with Gasteiger partial charge in [-0.3, -0.25) is 5.10 Å². The molecule has 0 amide bonds. The molecular weight excluding hydrogens is 306 g/mol. The van der Waals surface area contributed by atoms with Gasteiger partial charge < -0.3 is 10.4 Å². The molecule has 4 nitrogen and oxygen atoms in total. The third-order valence-corrected chi connectivity index (χ3v) is 4.67. The second kappa shape index (κ2) is 6.66. The Morgan fingerprint density at radius 2 is 2.04 bits per heavy atom. The maximum Gasteiger partial charge on any atom is 0.1000 e. The lowest BCUT2D eigenvalue weighted by molar-refractivity contribution is 0.0571. The van der Waals surface area contributed by atoms with Crippen molar-refractivity contribution in [2.24, 2.45) is 0 Å². The van der Waals surface area contributed by atoms with Crippen molar-refractivity contribution < 1.29 is 5.11 Å². The minimum absolute atomic E-state index is 0.488. The van der Waals surface area contributed by atoms with Gasteiger partial charge in [-0.1, -0.05) is 29.8 Å². The molecule has 3 N–H and O–H groups in total. The molecule has 2 aromatic heterocycles. The summed E-state index contributed by atoms with van der Waals surface area (Å²) in [6.45, 7) is 5.05. The van der Waals surface area contributed by atoms with E-state index >= 15 is 0 Å². The predicted molar refractivity (Wildman–Crippen MR) is 94.4 cm³/mol. The van der Waals surface area contributed by atoms with E-state index in [1.165, 1.54) is 5.56 Å². The van der Waals surface area contributed by atoms with E-state index in [2.05, 4.69) is 46.7 Å². The van der Waals surface area contributed by atoms with Crippen LogP contribution in [0.1, 0.15) is 23.6 Å². The molecule has 1 atom stereocenters. The van der Waals surface area contributed by atoms with Gasteiger partial charge in [0.05, 0.1) is 17.5 Å². The van der Waals surface area contributed by atoms with Gasteiger partial charge in [0.15, 0.2) is 0 Å². The Labute approximate surface area is 140 Å². The summed E-state index contributed by atoms with van der Waals surface area (Å²) in [6, 6.07) is 10.3. The van der Waals surface area contributed by atoms with E-state index in [0.29, 0.717) is 13.1 Å². The van der Waals surface area contributed by atoms with Crippen LogP contribution in [-0.2, 0) is 12.1 Å². The van der Waals surface area contributed by atoms with Gasteiger partial charge in [0.1, 0.15) is 0 Å². The van der Waals surface area contributed by atoms with E-state index < -0.39 is 5.60 Å². The number of nitrogens with zero attached hydrogens (tertiary/aromatic N) is 1. The van der Waals surface area contributed by atoms with E-state index in [0.717, 1.165) is 22.4 Å². The molecule has 1 aromatic carbocycles. The summed E-state index contributed by atoms with van der Waals surface area (Å²) in [5, 5.41) is 25.1. The van der Waals surface area contributed by atoms with Gasteiger partial charge in [-0.25, -0.2) is 0 Å². The molecule has 0 saturated carbocycles. The maximum absolute atomic E-state index is 10.5. The highest BCUT2D eigenvalue weighted by Gasteiger charge is 2.23. The number of aromatic nitrogens is 2. The molecule has 120 valence electrons. The average molecular weight is 327 g/mol. The van der Waals surface area contributed by atoms with E-state index in [9.17, 15) is 5.11 Å². The Morgan fingerprint density at radius 3 is 2.74 bits per heavy atom. The Hall–Kier alpha value is -1.95. The summed E-state index contributed by atoms with van der Waals surface area (Å²) >= 11 is 1.60. The van der Waals surface area contributed by atoms with Gasteiger partial charge in [0, 0.05) is 18.7 Å². The summed E-state index contributed by atoms with van der Waals surface area (Å²) in [4.78, 5) is 0. The number of nitrogens with one attached hydrogen (secondary N) is 2. The van der Waals surface area contributed by atoms with Gasteiger partial charge >= 0.3 is 0 Å². The first-order valence-corrected chi connectivity index (χ1v) is 8.55. The molecule has 5 heteroatoms. The van der Waals surface area contributed by atoms with Crippen molar-refractivity contribution in [2.45, 2.75) is 26.0 Å². The first-order chi connectivity index (χ1) is 11.1. The van der Waals surface area contributed by atoms with Crippen molar-refractivity contribution in [1.29, 1.82) is 0 Å². The van der Waals surface area contributed by atoms with Crippen molar-refractivity contribution in [3.63, 3.8) is 0 Å². The summed E-state index contributed by atoms with van der Waals surface area (Å²) < 4.78 is 0. The second-order valence-electron chi connectivity index (χ2n) is 6.03. The molecule has 0 fully saturated rings. The Kier molecular flexibility index (Phi) is 4.61. The number of H-pyrrole nitrogens is 1. The van der Waals surface area contributed by atoms with Crippen LogP contribution in [0.25, 0.3) is 11.3 Å². The normalized spacial score (nSPS) is 13.9. The highest BCUT2D eigenvalue weighted by atomic mass is 32.1. The number of benzene rings is 1. The highest BCUT2D eigenvalue weighted by Crippen LogP contribution is 2.24. The fourth-order valence-corrected chi connectivity index (χ4v) is 3.31. The van der Waals surface area contributed by atoms with Crippen LogP contribution in [-0.4, -0.2) is 21.8 Å². The van der Waals surface area contributed by atoms with Gasteiger partial charge in [0.25, 0.3) is 0 Å². The molecular formula is C18H21N3OS. The van der Waals surface area contributed by atoms with Gasteiger partial charge in [-0.15, -0.1) is 0 Å². The predicted octanol–water partition coefficient (Wildman–Crippen LogP) is 3.44. The SMILES string of the molecule is Cc1ccc(-c2[nH]ncc2CNCC(C)(O)c2ccsc2)cc1. The first-order valence-electron chi connectivity index (χ1n) is 7.61. The summed E-state index contributed by atoms with van der Waals surface area (Å²) in [5.41, 5.74) is 4.55. The Morgan fingerprint density at radius 1 is 1.26 bits per heavy atom. The number of hydrogen-bond acceptors (Lipinski definition) is 4. The van der Waals surface area contributed by atoms with Crippen LogP contribution in [0.5, 0.6) is 0 Å². The molecule has 0 aliphatic carbocycles. The molecule has 3 aromatic rings. The molecule has 23 heavy (non-hydrogen) atoms. The van der Waals surface area contributed by atoms with Crippen LogP contribution in [0.4, 0.5) is 0 Å². The fraction of sp³-hybridized carbons (Fsp3) is 0.278. The average Bonchev–Trinajstić information content (AvgIpc) is 3.19. The molecule has 1 unspecified atom stereocenters. The van der Waals surface area contributed by atoms with Crippen molar-refractivity contribution in [2.75, 3.05) is 6.54 Å². The van der Waals surface area contributed by atoms with Crippen molar-refractivity contribution in [3.8, 4) is 11.3 Å². The Bertz CT molecular complexity index is 745. The van der Waals surface area contributed by atoms with Crippen LogP contribution in [0.15, 0.2) is 47.3 Å². The van der Waals surface area contributed by atoms with Crippen LogP contribution in [0.2, 0.25) is 0 Å². The highest BCUT2D eigenvalue weighted by molar-refractivity contribution is 7.08. The zero-order valence-electron chi connectivity index (χ0n) is 13.3. The third-order valence-electron chi connectivity index (χ3n) is 3.99. The topological polar surface area (TPSA) is 60.9 Å². The maximum atomic E-state index is 10.5. The minimum Gasteiger partial charge on any atom is -0.384 e. The lowest BCUT2D eigenvalue weighted by atomic mass is 9.99. The monoisotopic (exact) mass is 327 g/mol. The standard InChI is InChI=1S/C18H21N3OS/c1-13-3-5-14(6-4-13)17-15(10-20-21-17)9-19-12-18(2,22)16-7-8-23-11-16/h3-8,10-11,19,22H,9,12H2,1-2H3,(H,20,21). The summed E-state index contributed by atoms with van der Waals surface area (Å²) in [7, 11) is 0. The summed E-state index contributed by atoms with van der Waals surface area (Å²) in [5.74, 6) is 0. The zero-order valence-corrected chi connectivity index (χ0v) is 14.2. The van der Waals surface area contributed by atoms with E-state index in [-0.39, 0.29) is 0 Å². The molecule has 3 rings (SSSR count). The van der Waals surface area contributed by atoms with Gasteiger partial charge in [0.2, 0.25) is 0 Å². The van der Waals surface area contributed by atoms with Gasteiger partial charge in [-0.05, 0) is 41.8 Å². The molecule has 0 aliphatic rings. The smallest absolute Gasteiger partial charge is 0.1000 e. The number of thiophene rings is 1. The van der Waals surface area contributed by atoms with Crippen molar-refractivity contribution >= 4 is 11.3 Å². The van der Waals surface area contributed by atoms with E-state index in [1.54, 1.807) is 11.3 Å². The lowest BCUT2D eigenvalue weighted by Gasteiger charge is -2.23. The second-order valence-corrected chi connectivity index (χ2v) is 6.81. The molecule has 2 heterocycles. The minimum atomic E-state index is -0.867. The van der Waals surface area contributed by atoms with E-state index in [4.69, 9.17) is 0 Å². The van der Waals surface area contributed by atoms with Crippen molar-refractivity contribution in [3.05, 3.63) is 64.0 Å². The molecule has 0 aliphatic heterocycles. The van der Waals surface area contributed by atoms with Gasteiger partial charge in [-0.2, -0.15) is 16.4 Å². The quantitative estimate of drug-likeness (QED) is 0.650. The molecule has 0 bridgehead atoms. The lowest BCUT2D eigenvalue weighted by Crippen LogP contribution is -2.34. The van der Waals surface area contributed by atoms with Crippen LogP contribution < -0.4 is 5.32 Å². The molecule has 0 radical (unpaired) electrons. The molecule has 0 spiro atoms. The molecule has 0 saturated heterocycles. The largest absolute Gasteiger partial charge is 0.384 e. The van der Waals surface area contributed by atoms with Crippen LogP contribution in [0.3, 0.4) is 0 Å². The zero-order chi connectivity index (χ0) is 16.3. The number of hydrogen-bond donors (Lipinski definition) is 3. The Balaban J connectivity index is 1.66. The number of rotatable bonds is 6. The van der Waals surface area contributed by atoms with Crippen LogP contribution in [0, 0.1) is 6.92 Å². The van der Waals surface area contributed by atoms with Crippen molar-refractivity contribution in [1.82, 2.24) is 15.5 Å². The number of aliphatic hydroxyl groups is 1. The summed E-state index contributed by atoms with van der Waals surface area (Å²) in [6.07, 6.45) is 1.83. The number of aromatic amines is 1. The van der Waals surface area contributed by atoms with E-state index in [1.807, 2.05) is 29.9 Å². The number of aryl methyl sites for hydroxylation is 1. The fourth-order valence-electron chi connectivity index (χ4n) is 2.53. The first kappa shape index (κ1) is 15.9. The third kappa shape index (κ3) is 3.69.